The third kappa shape index (κ3) is 4.39. The second-order valence-electron chi connectivity index (χ2n) is 6.49. The molecule has 0 aliphatic carbocycles. The molecule has 0 atom stereocenters. The van der Waals surface area contributed by atoms with Crippen LogP contribution in [0.4, 0.5) is 14.9 Å². The Morgan fingerprint density at radius 3 is 2.65 bits per heavy atom. The summed E-state index contributed by atoms with van der Waals surface area (Å²) in [6.07, 6.45) is 2.09. The highest BCUT2D eigenvalue weighted by molar-refractivity contribution is 5.94. The van der Waals surface area contributed by atoms with Gasteiger partial charge in [-0.15, -0.1) is 0 Å². The molecule has 5 nitrogen and oxygen atoms in total. The molecule has 136 valence electrons. The summed E-state index contributed by atoms with van der Waals surface area (Å²) < 4.78 is 13.7. The van der Waals surface area contributed by atoms with E-state index in [0.717, 1.165) is 37.1 Å². The number of carbonyl (C=O) groups excluding carboxylic acids is 2. The fourth-order valence-corrected chi connectivity index (χ4v) is 3.00. The molecule has 0 spiro atoms. The molecule has 2 aromatic carbocycles. The number of benzene rings is 2. The van der Waals surface area contributed by atoms with Crippen LogP contribution >= 0.6 is 0 Å². The van der Waals surface area contributed by atoms with Crippen LogP contribution in [0, 0.1) is 12.7 Å². The minimum atomic E-state index is -0.495. The second kappa shape index (κ2) is 7.99. The Labute approximate surface area is 152 Å². The molecular weight excluding hydrogens is 333 g/mol. The van der Waals surface area contributed by atoms with Gasteiger partial charge in [0, 0.05) is 25.2 Å². The maximum Gasteiger partial charge on any atom is 0.319 e. The number of rotatable bonds is 4. The van der Waals surface area contributed by atoms with E-state index < -0.39 is 11.8 Å². The number of nitrogens with zero attached hydrogens (tertiary/aromatic N) is 1. The fourth-order valence-electron chi connectivity index (χ4n) is 3.00. The van der Waals surface area contributed by atoms with E-state index in [0.29, 0.717) is 5.56 Å². The lowest BCUT2D eigenvalue weighted by atomic mass is 10.1. The summed E-state index contributed by atoms with van der Waals surface area (Å²) in [6, 6.07) is 11.3. The molecule has 1 aliphatic rings. The van der Waals surface area contributed by atoms with Crippen LogP contribution in [-0.2, 0) is 6.54 Å². The standard InChI is InChI=1S/C20H22FN3O2/c1-14-7-8-17(21)18(11-14)23-20(26)22-13-15-5-4-6-16(12-15)19(25)24-9-2-3-10-24/h4-8,11-12H,2-3,9-10,13H2,1H3,(H2,22,23,26). The van der Waals surface area contributed by atoms with Gasteiger partial charge in [0.25, 0.3) is 5.91 Å². The van der Waals surface area contributed by atoms with Crippen LogP contribution in [0.25, 0.3) is 0 Å². The molecular formula is C20H22FN3O2. The van der Waals surface area contributed by atoms with Crippen molar-refractivity contribution in [2.24, 2.45) is 0 Å². The Hall–Kier alpha value is -2.89. The monoisotopic (exact) mass is 355 g/mol. The average Bonchev–Trinajstić information content (AvgIpc) is 3.17. The van der Waals surface area contributed by atoms with E-state index in [2.05, 4.69) is 10.6 Å². The first kappa shape index (κ1) is 17.9. The Morgan fingerprint density at radius 1 is 1.12 bits per heavy atom. The van der Waals surface area contributed by atoms with Gasteiger partial charge in [-0.1, -0.05) is 18.2 Å². The first-order valence-electron chi connectivity index (χ1n) is 8.72. The van der Waals surface area contributed by atoms with Crippen LogP contribution in [0.2, 0.25) is 0 Å². The van der Waals surface area contributed by atoms with Crippen molar-refractivity contribution in [3.63, 3.8) is 0 Å². The number of aryl methyl sites for hydroxylation is 1. The Balaban J connectivity index is 1.59. The van der Waals surface area contributed by atoms with Crippen molar-refractivity contribution in [2.45, 2.75) is 26.3 Å². The van der Waals surface area contributed by atoms with Crippen molar-refractivity contribution in [2.75, 3.05) is 18.4 Å². The number of carbonyl (C=O) groups is 2. The molecule has 0 aromatic heterocycles. The van der Waals surface area contributed by atoms with E-state index in [4.69, 9.17) is 0 Å². The van der Waals surface area contributed by atoms with Crippen LogP contribution in [0.1, 0.15) is 34.3 Å². The van der Waals surface area contributed by atoms with Crippen LogP contribution in [0.15, 0.2) is 42.5 Å². The van der Waals surface area contributed by atoms with E-state index >= 15 is 0 Å². The first-order chi connectivity index (χ1) is 12.5. The number of anilines is 1. The smallest absolute Gasteiger partial charge is 0.319 e. The lowest BCUT2D eigenvalue weighted by Crippen LogP contribution is -2.29. The predicted octanol–water partition coefficient (Wildman–Crippen LogP) is 3.69. The molecule has 1 aliphatic heterocycles. The molecule has 1 saturated heterocycles. The van der Waals surface area contributed by atoms with Gasteiger partial charge in [-0.05, 0) is 55.2 Å². The molecule has 0 radical (unpaired) electrons. The molecule has 0 bridgehead atoms. The van der Waals surface area contributed by atoms with Gasteiger partial charge in [0.15, 0.2) is 0 Å². The van der Waals surface area contributed by atoms with Crippen molar-refractivity contribution in [1.82, 2.24) is 10.2 Å². The van der Waals surface area contributed by atoms with E-state index in [1.54, 1.807) is 30.3 Å². The fraction of sp³-hybridized carbons (Fsp3) is 0.300. The summed E-state index contributed by atoms with van der Waals surface area (Å²) in [5.41, 5.74) is 2.43. The molecule has 0 unspecified atom stereocenters. The molecule has 3 amide bonds. The predicted molar refractivity (Wildman–Crippen MR) is 98.6 cm³/mol. The molecule has 1 fully saturated rings. The van der Waals surface area contributed by atoms with Crippen molar-refractivity contribution in [3.8, 4) is 0 Å². The van der Waals surface area contributed by atoms with Crippen molar-refractivity contribution in [3.05, 3.63) is 65.0 Å². The van der Waals surface area contributed by atoms with Crippen LogP contribution < -0.4 is 10.6 Å². The van der Waals surface area contributed by atoms with Crippen LogP contribution in [0.3, 0.4) is 0 Å². The maximum atomic E-state index is 13.7. The Kier molecular flexibility index (Phi) is 5.51. The summed E-state index contributed by atoms with van der Waals surface area (Å²) in [6.45, 7) is 3.67. The van der Waals surface area contributed by atoms with Gasteiger partial charge in [-0.25, -0.2) is 9.18 Å². The van der Waals surface area contributed by atoms with E-state index in [-0.39, 0.29) is 18.1 Å². The summed E-state index contributed by atoms with van der Waals surface area (Å²) in [7, 11) is 0. The molecule has 2 N–H and O–H groups in total. The quantitative estimate of drug-likeness (QED) is 0.879. The first-order valence-corrected chi connectivity index (χ1v) is 8.72. The van der Waals surface area contributed by atoms with Gasteiger partial charge < -0.3 is 15.5 Å². The molecule has 0 saturated carbocycles. The van der Waals surface area contributed by atoms with Crippen molar-refractivity contribution < 1.29 is 14.0 Å². The summed E-state index contributed by atoms with van der Waals surface area (Å²) in [5, 5.41) is 5.19. The van der Waals surface area contributed by atoms with Gasteiger partial charge in [0.05, 0.1) is 5.69 Å². The zero-order valence-electron chi connectivity index (χ0n) is 14.7. The number of hydrogen-bond donors (Lipinski definition) is 2. The summed E-state index contributed by atoms with van der Waals surface area (Å²) in [4.78, 5) is 26.3. The van der Waals surface area contributed by atoms with Gasteiger partial charge in [-0.3, -0.25) is 4.79 Å². The van der Waals surface area contributed by atoms with Crippen molar-refractivity contribution >= 4 is 17.6 Å². The normalized spacial score (nSPS) is 13.5. The largest absolute Gasteiger partial charge is 0.339 e. The lowest BCUT2D eigenvalue weighted by molar-refractivity contribution is 0.0792. The molecule has 1 heterocycles. The highest BCUT2D eigenvalue weighted by Crippen LogP contribution is 2.16. The molecule has 2 aromatic rings. The third-order valence-electron chi connectivity index (χ3n) is 4.39. The van der Waals surface area contributed by atoms with Gasteiger partial charge >= 0.3 is 6.03 Å². The van der Waals surface area contributed by atoms with Crippen LogP contribution in [0.5, 0.6) is 0 Å². The van der Waals surface area contributed by atoms with Gasteiger partial charge in [0.2, 0.25) is 0 Å². The SMILES string of the molecule is Cc1ccc(F)c(NC(=O)NCc2cccc(C(=O)N3CCCC3)c2)c1. The molecule has 6 heteroatoms. The number of amides is 3. The maximum absolute atomic E-state index is 13.7. The minimum absolute atomic E-state index is 0.0237. The van der Waals surface area contributed by atoms with E-state index in [1.807, 2.05) is 17.9 Å². The summed E-state index contributed by atoms with van der Waals surface area (Å²) in [5.74, 6) is -0.459. The Bertz CT molecular complexity index is 816. The number of hydrogen-bond acceptors (Lipinski definition) is 2. The molecule has 3 rings (SSSR count). The Morgan fingerprint density at radius 2 is 1.88 bits per heavy atom. The number of halogens is 1. The minimum Gasteiger partial charge on any atom is -0.339 e. The number of likely N-dealkylation sites (tertiary alicyclic amines) is 1. The van der Waals surface area contributed by atoms with Gasteiger partial charge in [0.1, 0.15) is 5.82 Å². The second-order valence-corrected chi connectivity index (χ2v) is 6.49. The van der Waals surface area contributed by atoms with Crippen LogP contribution in [-0.4, -0.2) is 29.9 Å². The summed E-state index contributed by atoms with van der Waals surface area (Å²) >= 11 is 0. The highest BCUT2D eigenvalue weighted by atomic mass is 19.1. The number of nitrogens with one attached hydrogen (secondary N) is 2. The average molecular weight is 355 g/mol. The van der Waals surface area contributed by atoms with Gasteiger partial charge in [-0.2, -0.15) is 0 Å². The topological polar surface area (TPSA) is 61.4 Å². The zero-order valence-corrected chi connectivity index (χ0v) is 14.7. The molecule has 26 heavy (non-hydrogen) atoms. The number of urea groups is 1. The van der Waals surface area contributed by atoms with E-state index in [1.165, 1.54) is 6.07 Å². The zero-order chi connectivity index (χ0) is 18.5. The third-order valence-corrected chi connectivity index (χ3v) is 4.39. The van der Waals surface area contributed by atoms with E-state index in [9.17, 15) is 14.0 Å². The highest BCUT2D eigenvalue weighted by Gasteiger charge is 2.19. The van der Waals surface area contributed by atoms with Crippen molar-refractivity contribution in [1.29, 1.82) is 0 Å². The lowest BCUT2D eigenvalue weighted by Gasteiger charge is -2.16.